The van der Waals surface area contributed by atoms with Crippen molar-refractivity contribution in [3.8, 4) is 0 Å². The zero-order valence-corrected chi connectivity index (χ0v) is 12.2. The molecule has 0 aliphatic heterocycles. The average molecular weight is 302 g/mol. The highest BCUT2D eigenvalue weighted by atomic mass is 19.1. The molecule has 0 amide bonds. The molecule has 0 fully saturated rings. The topological polar surface area (TPSA) is 63.5 Å². The molecule has 2 aromatic rings. The third-order valence-electron chi connectivity index (χ3n) is 3.36. The van der Waals surface area contributed by atoms with Crippen molar-refractivity contribution < 1.29 is 14.1 Å². The van der Waals surface area contributed by atoms with Crippen molar-refractivity contribution in [1.82, 2.24) is 0 Å². The van der Waals surface area contributed by atoms with Gasteiger partial charge in [0.25, 0.3) is 5.69 Å². The van der Waals surface area contributed by atoms with Crippen molar-refractivity contribution in [2.24, 2.45) is 0 Å². The Kier molecular flexibility index (Phi) is 4.50. The number of hydrogen-bond acceptors (Lipinski definition) is 4. The van der Waals surface area contributed by atoms with E-state index < -0.39 is 4.92 Å². The molecule has 0 aliphatic rings. The molecule has 114 valence electrons. The van der Waals surface area contributed by atoms with E-state index in [1.807, 2.05) is 0 Å². The van der Waals surface area contributed by atoms with Gasteiger partial charge in [-0.15, -0.1) is 0 Å². The van der Waals surface area contributed by atoms with Crippen LogP contribution in [0.3, 0.4) is 0 Å². The summed E-state index contributed by atoms with van der Waals surface area (Å²) in [5.41, 5.74) is 0.870. The Labute approximate surface area is 127 Å². The molecule has 0 aliphatic carbocycles. The van der Waals surface area contributed by atoms with Crippen molar-refractivity contribution in [3.05, 3.63) is 69.5 Å². The fourth-order valence-corrected chi connectivity index (χ4v) is 2.18. The van der Waals surface area contributed by atoms with Crippen molar-refractivity contribution in [2.75, 3.05) is 11.9 Å². The molecule has 6 heteroatoms. The summed E-state index contributed by atoms with van der Waals surface area (Å²) in [4.78, 5) is 23.6. The maximum atomic E-state index is 13.7. The first-order chi connectivity index (χ1) is 10.4. The quantitative estimate of drug-likeness (QED) is 0.481. The molecule has 2 aromatic carbocycles. The number of anilines is 1. The van der Waals surface area contributed by atoms with Gasteiger partial charge >= 0.3 is 0 Å². The lowest BCUT2D eigenvalue weighted by Gasteiger charge is -2.20. The summed E-state index contributed by atoms with van der Waals surface area (Å²) >= 11 is 0. The number of halogens is 1. The Bertz CT molecular complexity index is 731. The van der Waals surface area contributed by atoms with Crippen molar-refractivity contribution in [3.63, 3.8) is 0 Å². The second-order valence-corrected chi connectivity index (χ2v) is 4.96. The van der Waals surface area contributed by atoms with Crippen molar-refractivity contribution in [1.29, 1.82) is 0 Å². The van der Waals surface area contributed by atoms with Crippen LogP contribution in [0.25, 0.3) is 0 Å². The van der Waals surface area contributed by atoms with E-state index in [0.717, 1.165) is 0 Å². The van der Waals surface area contributed by atoms with Gasteiger partial charge in [0.2, 0.25) is 0 Å². The predicted octanol–water partition coefficient (Wildman–Crippen LogP) is 3.57. The van der Waals surface area contributed by atoms with Crippen LogP contribution in [0.5, 0.6) is 0 Å². The van der Waals surface area contributed by atoms with Gasteiger partial charge in [-0.05, 0) is 25.1 Å². The molecule has 0 saturated heterocycles. The highest BCUT2D eigenvalue weighted by Crippen LogP contribution is 2.30. The molecule has 22 heavy (non-hydrogen) atoms. The average Bonchev–Trinajstić information content (AvgIpc) is 2.48. The molecule has 0 aromatic heterocycles. The second kappa shape index (κ2) is 6.34. The summed E-state index contributed by atoms with van der Waals surface area (Å²) in [5.74, 6) is -0.608. The molecular weight excluding hydrogens is 287 g/mol. The molecule has 0 spiro atoms. The normalized spacial score (nSPS) is 10.3. The van der Waals surface area contributed by atoms with Gasteiger partial charge in [0.05, 0.1) is 4.92 Å². The summed E-state index contributed by atoms with van der Waals surface area (Å²) in [6, 6.07) is 10.5. The largest absolute Gasteiger partial charge is 0.365 e. The lowest BCUT2D eigenvalue weighted by Crippen LogP contribution is -2.18. The first-order valence-corrected chi connectivity index (χ1v) is 6.64. The maximum Gasteiger partial charge on any atom is 0.293 e. The van der Waals surface area contributed by atoms with Crippen LogP contribution >= 0.6 is 0 Å². The van der Waals surface area contributed by atoms with Crippen LogP contribution in [-0.4, -0.2) is 17.8 Å². The monoisotopic (exact) mass is 302 g/mol. The minimum absolute atomic E-state index is 0.175. The molecule has 0 unspecified atom stereocenters. The van der Waals surface area contributed by atoms with Crippen LogP contribution in [0.2, 0.25) is 0 Å². The van der Waals surface area contributed by atoms with Crippen LogP contribution in [0.1, 0.15) is 22.8 Å². The van der Waals surface area contributed by atoms with Crippen molar-refractivity contribution >= 4 is 17.2 Å². The van der Waals surface area contributed by atoms with Crippen LogP contribution in [0.4, 0.5) is 15.8 Å². The van der Waals surface area contributed by atoms with E-state index in [9.17, 15) is 19.3 Å². The van der Waals surface area contributed by atoms with Crippen LogP contribution in [0, 0.1) is 15.9 Å². The standard InChI is InChI=1S/C16H15FN2O3/c1-11(20)12-7-8-15(16(9-12)19(21)22)18(2)10-13-5-3-4-6-14(13)17/h3-9H,10H2,1-2H3. The van der Waals surface area contributed by atoms with Gasteiger partial charge in [0.15, 0.2) is 5.78 Å². The second-order valence-electron chi connectivity index (χ2n) is 4.96. The van der Waals surface area contributed by atoms with E-state index in [-0.39, 0.29) is 29.4 Å². The van der Waals surface area contributed by atoms with Crippen LogP contribution < -0.4 is 4.90 Å². The molecule has 2 rings (SSSR count). The third kappa shape index (κ3) is 3.28. The zero-order valence-electron chi connectivity index (χ0n) is 12.2. The maximum absolute atomic E-state index is 13.7. The van der Waals surface area contributed by atoms with Gasteiger partial charge in [0, 0.05) is 30.8 Å². The molecule has 0 heterocycles. The number of Topliss-reactive ketones (excluding diaryl/α,β-unsaturated/α-hetero) is 1. The molecule has 0 saturated carbocycles. The molecule has 0 radical (unpaired) electrons. The minimum Gasteiger partial charge on any atom is -0.365 e. The molecule has 0 atom stereocenters. The van der Waals surface area contributed by atoms with E-state index in [2.05, 4.69) is 0 Å². The van der Waals surface area contributed by atoms with Gasteiger partial charge in [-0.1, -0.05) is 18.2 Å². The number of ketones is 1. The fraction of sp³-hybridized carbons (Fsp3) is 0.188. The first-order valence-electron chi connectivity index (χ1n) is 6.64. The SMILES string of the molecule is CC(=O)c1ccc(N(C)Cc2ccccc2F)c([N+](=O)[O-])c1. The predicted molar refractivity (Wildman–Crippen MR) is 81.6 cm³/mol. The highest BCUT2D eigenvalue weighted by molar-refractivity contribution is 5.95. The highest BCUT2D eigenvalue weighted by Gasteiger charge is 2.19. The summed E-state index contributed by atoms with van der Waals surface area (Å²) in [5, 5.41) is 11.2. The van der Waals surface area contributed by atoms with Crippen LogP contribution in [-0.2, 0) is 6.54 Å². The fourth-order valence-electron chi connectivity index (χ4n) is 2.18. The van der Waals surface area contributed by atoms with E-state index in [0.29, 0.717) is 11.3 Å². The Morgan fingerprint density at radius 1 is 1.27 bits per heavy atom. The Morgan fingerprint density at radius 2 is 1.95 bits per heavy atom. The first kappa shape index (κ1) is 15.6. The molecule has 0 bridgehead atoms. The number of benzene rings is 2. The number of nitrogens with zero attached hydrogens (tertiary/aromatic N) is 2. The zero-order chi connectivity index (χ0) is 16.3. The third-order valence-corrected chi connectivity index (χ3v) is 3.36. The van der Waals surface area contributed by atoms with Gasteiger partial charge < -0.3 is 4.90 Å². The summed E-state index contributed by atoms with van der Waals surface area (Å²) < 4.78 is 13.7. The van der Waals surface area contributed by atoms with Gasteiger partial charge in [-0.25, -0.2) is 4.39 Å². The number of nitro groups is 1. The van der Waals surface area contributed by atoms with Crippen LogP contribution in [0.15, 0.2) is 42.5 Å². The lowest BCUT2D eigenvalue weighted by atomic mass is 10.1. The minimum atomic E-state index is -0.542. The molecule has 0 N–H and O–H groups in total. The smallest absolute Gasteiger partial charge is 0.293 e. The Hall–Kier alpha value is -2.76. The summed E-state index contributed by atoms with van der Waals surface area (Å²) in [6.07, 6.45) is 0. The lowest BCUT2D eigenvalue weighted by molar-refractivity contribution is -0.384. The Balaban J connectivity index is 2.37. The summed E-state index contributed by atoms with van der Waals surface area (Å²) in [7, 11) is 1.64. The number of nitro benzene ring substituents is 1. The Morgan fingerprint density at radius 3 is 2.55 bits per heavy atom. The number of carbonyl (C=O) groups is 1. The van der Waals surface area contributed by atoms with Gasteiger partial charge in [0.1, 0.15) is 11.5 Å². The van der Waals surface area contributed by atoms with Gasteiger partial charge in [-0.2, -0.15) is 0 Å². The number of carbonyl (C=O) groups excluding carboxylic acids is 1. The molecular formula is C16H15FN2O3. The van der Waals surface area contributed by atoms with E-state index in [4.69, 9.17) is 0 Å². The van der Waals surface area contributed by atoms with Crippen molar-refractivity contribution in [2.45, 2.75) is 13.5 Å². The number of rotatable bonds is 5. The summed E-state index contributed by atoms with van der Waals surface area (Å²) in [6.45, 7) is 1.54. The van der Waals surface area contributed by atoms with Gasteiger partial charge in [-0.3, -0.25) is 14.9 Å². The van der Waals surface area contributed by atoms with E-state index in [1.165, 1.54) is 31.2 Å². The molecule has 5 nitrogen and oxygen atoms in total. The van der Waals surface area contributed by atoms with E-state index in [1.54, 1.807) is 30.1 Å². The van der Waals surface area contributed by atoms with E-state index >= 15 is 0 Å². The number of hydrogen-bond donors (Lipinski definition) is 0.